The molecule has 0 aliphatic carbocycles. The molecule has 0 bridgehead atoms. The van der Waals surface area contributed by atoms with Crippen LogP contribution in [0.1, 0.15) is 23.1 Å². The number of thioether (sulfide) groups is 1. The molecule has 140 valence electrons. The first-order valence-electron chi connectivity index (χ1n) is 8.82. The molecule has 0 fully saturated rings. The van der Waals surface area contributed by atoms with Crippen LogP contribution < -0.4 is 0 Å². The molecule has 0 radical (unpaired) electrons. The third-order valence-electron chi connectivity index (χ3n) is 4.24. The van der Waals surface area contributed by atoms with E-state index in [0.717, 1.165) is 27.3 Å². The molecule has 3 rings (SSSR count). The number of nitrogens with zero attached hydrogens (tertiary/aromatic N) is 2. The molecule has 0 atom stereocenters. The van der Waals surface area contributed by atoms with Crippen LogP contribution in [-0.4, -0.2) is 41.5 Å². The first-order chi connectivity index (χ1) is 13.0. The Bertz CT molecular complexity index is 865. The van der Waals surface area contributed by atoms with Crippen molar-refractivity contribution in [3.05, 3.63) is 65.2 Å². The highest BCUT2D eigenvalue weighted by molar-refractivity contribution is 8.00. The SMILES string of the molecule is Cc1ccc(C)c(SCC(=O)OCC(=O)N2CCC(c3ccccc3)=N2)c1. The highest BCUT2D eigenvalue weighted by Gasteiger charge is 2.22. The Labute approximate surface area is 163 Å². The van der Waals surface area contributed by atoms with E-state index in [4.69, 9.17) is 4.74 Å². The smallest absolute Gasteiger partial charge is 0.316 e. The zero-order chi connectivity index (χ0) is 19.2. The molecule has 1 amide bonds. The molecule has 2 aromatic carbocycles. The number of ether oxygens (including phenoxy) is 1. The molecular weight excluding hydrogens is 360 g/mol. The van der Waals surface area contributed by atoms with Gasteiger partial charge >= 0.3 is 5.97 Å². The number of hydrogen-bond donors (Lipinski definition) is 0. The van der Waals surface area contributed by atoms with E-state index in [2.05, 4.69) is 5.10 Å². The van der Waals surface area contributed by atoms with E-state index in [9.17, 15) is 9.59 Å². The van der Waals surface area contributed by atoms with Crippen LogP contribution in [0.4, 0.5) is 0 Å². The molecule has 0 unspecified atom stereocenters. The second-order valence-electron chi connectivity index (χ2n) is 6.40. The van der Waals surface area contributed by atoms with Crippen LogP contribution in [0.15, 0.2) is 58.5 Å². The minimum atomic E-state index is -0.402. The van der Waals surface area contributed by atoms with Gasteiger partial charge in [0.05, 0.1) is 18.0 Å². The van der Waals surface area contributed by atoms with Gasteiger partial charge in [-0.1, -0.05) is 48.0 Å². The van der Waals surface area contributed by atoms with Gasteiger partial charge in [0.25, 0.3) is 5.91 Å². The fourth-order valence-electron chi connectivity index (χ4n) is 2.73. The van der Waals surface area contributed by atoms with Crippen molar-refractivity contribution in [2.75, 3.05) is 18.9 Å². The monoisotopic (exact) mass is 382 g/mol. The lowest BCUT2D eigenvalue weighted by atomic mass is 10.1. The van der Waals surface area contributed by atoms with Crippen molar-refractivity contribution in [1.29, 1.82) is 0 Å². The Balaban J connectivity index is 1.47. The molecule has 1 aliphatic rings. The number of esters is 1. The Morgan fingerprint density at radius 3 is 2.70 bits per heavy atom. The van der Waals surface area contributed by atoms with Gasteiger partial charge in [0.1, 0.15) is 0 Å². The fourth-order valence-corrected chi connectivity index (χ4v) is 3.65. The molecule has 27 heavy (non-hydrogen) atoms. The topological polar surface area (TPSA) is 59.0 Å². The summed E-state index contributed by atoms with van der Waals surface area (Å²) in [6, 6.07) is 15.9. The third-order valence-corrected chi connectivity index (χ3v) is 5.37. The lowest BCUT2D eigenvalue weighted by Crippen LogP contribution is -2.29. The van der Waals surface area contributed by atoms with Gasteiger partial charge in [0, 0.05) is 11.3 Å². The maximum atomic E-state index is 12.2. The molecule has 2 aromatic rings. The van der Waals surface area contributed by atoms with Crippen molar-refractivity contribution < 1.29 is 14.3 Å². The van der Waals surface area contributed by atoms with Crippen LogP contribution in [-0.2, 0) is 14.3 Å². The van der Waals surface area contributed by atoms with Gasteiger partial charge in [-0.2, -0.15) is 5.10 Å². The van der Waals surface area contributed by atoms with Crippen molar-refractivity contribution in [3.8, 4) is 0 Å². The van der Waals surface area contributed by atoms with Gasteiger partial charge < -0.3 is 4.74 Å². The van der Waals surface area contributed by atoms with Crippen molar-refractivity contribution in [2.24, 2.45) is 5.10 Å². The van der Waals surface area contributed by atoms with Gasteiger partial charge in [0.15, 0.2) is 6.61 Å². The zero-order valence-corrected chi connectivity index (χ0v) is 16.3. The Morgan fingerprint density at radius 2 is 1.93 bits per heavy atom. The molecule has 0 N–H and O–H groups in total. The van der Waals surface area contributed by atoms with Crippen molar-refractivity contribution in [1.82, 2.24) is 5.01 Å². The number of benzene rings is 2. The normalized spacial score (nSPS) is 13.4. The van der Waals surface area contributed by atoms with Crippen LogP contribution in [0.3, 0.4) is 0 Å². The summed E-state index contributed by atoms with van der Waals surface area (Å²) in [4.78, 5) is 25.3. The molecule has 0 aromatic heterocycles. The van der Waals surface area contributed by atoms with E-state index in [1.165, 1.54) is 16.8 Å². The van der Waals surface area contributed by atoms with E-state index in [1.54, 1.807) is 0 Å². The van der Waals surface area contributed by atoms with Gasteiger partial charge in [0.2, 0.25) is 0 Å². The Morgan fingerprint density at radius 1 is 1.15 bits per heavy atom. The summed E-state index contributed by atoms with van der Waals surface area (Å²) in [6.07, 6.45) is 0.701. The minimum absolute atomic E-state index is 0.177. The molecule has 0 spiro atoms. The summed E-state index contributed by atoms with van der Waals surface area (Å²) < 4.78 is 5.13. The van der Waals surface area contributed by atoms with Crippen molar-refractivity contribution in [3.63, 3.8) is 0 Å². The number of rotatable bonds is 6. The summed E-state index contributed by atoms with van der Waals surface area (Å²) in [7, 11) is 0. The average Bonchev–Trinajstić information content (AvgIpc) is 3.18. The summed E-state index contributed by atoms with van der Waals surface area (Å²) >= 11 is 1.42. The highest BCUT2D eigenvalue weighted by atomic mass is 32.2. The number of aryl methyl sites for hydroxylation is 2. The highest BCUT2D eigenvalue weighted by Crippen LogP contribution is 2.23. The van der Waals surface area contributed by atoms with Crippen LogP contribution >= 0.6 is 11.8 Å². The molecule has 5 nitrogen and oxygen atoms in total. The maximum Gasteiger partial charge on any atom is 0.316 e. The molecule has 1 heterocycles. The number of hydrazone groups is 1. The predicted octanol–water partition coefficient (Wildman–Crippen LogP) is 3.58. The summed E-state index contributed by atoms with van der Waals surface area (Å²) in [5, 5.41) is 5.74. The number of amides is 1. The molecule has 6 heteroatoms. The molecule has 0 saturated carbocycles. The molecular formula is C21H22N2O3S. The summed E-state index contributed by atoms with van der Waals surface area (Å²) in [5.74, 6) is -0.525. The van der Waals surface area contributed by atoms with E-state index in [-0.39, 0.29) is 18.3 Å². The number of hydrogen-bond acceptors (Lipinski definition) is 5. The van der Waals surface area contributed by atoms with E-state index in [0.29, 0.717) is 13.0 Å². The van der Waals surface area contributed by atoms with Crippen LogP contribution in [0, 0.1) is 13.8 Å². The molecule has 1 aliphatic heterocycles. The number of carbonyl (C=O) groups is 2. The van der Waals surface area contributed by atoms with Crippen molar-refractivity contribution in [2.45, 2.75) is 25.2 Å². The average molecular weight is 382 g/mol. The summed E-state index contributed by atoms with van der Waals surface area (Å²) in [5.41, 5.74) is 4.15. The van der Waals surface area contributed by atoms with Crippen LogP contribution in [0.2, 0.25) is 0 Å². The minimum Gasteiger partial charge on any atom is -0.455 e. The Hall–Kier alpha value is -2.60. The standard InChI is InChI=1S/C21H22N2O3S/c1-15-8-9-16(2)19(12-15)27-14-21(25)26-13-20(24)23-11-10-18(22-23)17-6-4-3-5-7-17/h3-9,12H,10-11,13-14H2,1-2H3. The predicted molar refractivity (Wildman–Crippen MR) is 107 cm³/mol. The quantitative estimate of drug-likeness (QED) is 0.566. The molecule has 0 saturated heterocycles. The summed E-state index contributed by atoms with van der Waals surface area (Å²) in [6.45, 7) is 4.25. The second-order valence-corrected chi connectivity index (χ2v) is 7.42. The lowest BCUT2D eigenvalue weighted by molar-refractivity contribution is -0.149. The fraction of sp³-hybridized carbons (Fsp3) is 0.286. The van der Waals surface area contributed by atoms with Crippen molar-refractivity contribution >= 4 is 29.4 Å². The lowest BCUT2D eigenvalue weighted by Gasteiger charge is -2.12. The first kappa shape index (κ1) is 19.2. The van der Waals surface area contributed by atoms with E-state index < -0.39 is 5.97 Å². The van der Waals surface area contributed by atoms with E-state index >= 15 is 0 Å². The second kappa shape index (κ2) is 8.86. The van der Waals surface area contributed by atoms with Gasteiger partial charge in [-0.3, -0.25) is 9.59 Å². The first-order valence-corrected chi connectivity index (χ1v) is 9.80. The van der Waals surface area contributed by atoms with Crippen LogP contribution in [0.5, 0.6) is 0 Å². The largest absolute Gasteiger partial charge is 0.455 e. The third kappa shape index (κ3) is 5.20. The maximum absolute atomic E-state index is 12.2. The van der Waals surface area contributed by atoms with Gasteiger partial charge in [-0.15, -0.1) is 11.8 Å². The van der Waals surface area contributed by atoms with Crippen LogP contribution in [0.25, 0.3) is 0 Å². The van der Waals surface area contributed by atoms with Gasteiger partial charge in [-0.05, 0) is 31.0 Å². The van der Waals surface area contributed by atoms with Gasteiger partial charge in [-0.25, -0.2) is 5.01 Å². The zero-order valence-electron chi connectivity index (χ0n) is 15.5. The Kier molecular flexibility index (Phi) is 6.29. The number of carbonyl (C=O) groups excluding carboxylic acids is 2. The van der Waals surface area contributed by atoms with E-state index in [1.807, 2.05) is 62.4 Å².